The van der Waals surface area contributed by atoms with E-state index < -0.39 is 0 Å². The fraction of sp³-hybridized carbons (Fsp3) is 0.278. The smallest absolute Gasteiger partial charge is 0.338 e. The number of ether oxygens (including phenoxy) is 1. The van der Waals surface area contributed by atoms with Crippen molar-refractivity contribution >= 4 is 5.97 Å². The predicted molar refractivity (Wildman–Crippen MR) is 80.6 cm³/mol. The molecule has 2 nitrogen and oxygen atoms in total. The molecule has 0 fully saturated rings. The summed E-state index contributed by atoms with van der Waals surface area (Å²) in [5.74, 6) is -0.254. The molecule has 2 heteroatoms. The number of carbonyl (C=O) groups excluding carboxylic acids is 1. The van der Waals surface area contributed by atoms with Gasteiger partial charge in [-0.05, 0) is 30.5 Å². The van der Waals surface area contributed by atoms with Gasteiger partial charge in [-0.1, -0.05) is 61.9 Å². The average Bonchev–Trinajstić information content (AvgIpc) is 2.53. The predicted octanol–water partition coefficient (Wildman–Crippen LogP) is 4.77. The molecule has 0 radical (unpaired) electrons. The normalized spacial score (nSPS) is 11.8. The Balaban J connectivity index is 2.10. The standard InChI is InChI=1S/C18H20O2/c1-2-3-14-17(15-10-6-4-7-11-15)20-18(19)16-12-8-5-9-13-16/h4-13,17H,2-3,14H2,1H3. The first-order valence-electron chi connectivity index (χ1n) is 7.12. The lowest BCUT2D eigenvalue weighted by atomic mass is 10.0. The van der Waals surface area contributed by atoms with E-state index >= 15 is 0 Å². The maximum absolute atomic E-state index is 12.2. The van der Waals surface area contributed by atoms with Crippen LogP contribution in [0.15, 0.2) is 60.7 Å². The second-order valence-corrected chi connectivity index (χ2v) is 4.81. The van der Waals surface area contributed by atoms with Crippen LogP contribution < -0.4 is 0 Å². The largest absolute Gasteiger partial charge is 0.454 e. The highest BCUT2D eigenvalue weighted by atomic mass is 16.5. The second kappa shape index (κ2) is 7.49. The zero-order valence-electron chi connectivity index (χ0n) is 11.8. The van der Waals surface area contributed by atoms with E-state index in [1.54, 1.807) is 12.1 Å². The summed E-state index contributed by atoms with van der Waals surface area (Å²) in [6, 6.07) is 19.1. The highest BCUT2D eigenvalue weighted by molar-refractivity contribution is 5.89. The quantitative estimate of drug-likeness (QED) is 0.705. The number of hydrogen-bond acceptors (Lipinski definition) is 2. The van der Waals surface area contributed by atoms with Crippen molar-refractivity contribution in [3.63, 3.8) is 0 Å². The van der Waals surface area contributed by atoms with Crippen LogP contribution in [0.3, 0.4) is 0 Å². The van der Waals surface area contributed by atoms with Crippen molar-refractivity contribution in [2.45, 2.75) is 32.3 Å². The minimum Gasteiger partial charge on any atom is -0.454 e. The molecule has 0 heterocycles. The van der Waals surface area contributed by atoms with Gasteiger partial charge in [0.2, 0.25) is 0 Å². The third-order valence-corrected chi connectivity index (χ3v) is 3.25. The summed E-state index contributed by atoms with van der Waals surface area (Å²) >= 11 is 0. The van der Waals surface area contributed by atoms with Crippen LogP contribution in [0.5, 0.6) is 0 Å². The second-order valence-electron chi connectivity index (χ2n) is 4.81. The SMILES string of the molecule is CCCCC(OC(=O)c1ccccc1)c1ccccc1. The summed E-state index contributed by atoms with van der Waals surface area (Å²) in [6.07, 6.45) is 2.83. The third-order valence-electron chi connectivity index (χ3n) is 3.25. The van der Waals surface area contributed by atoms with Crippen molar-refractivity contribution in [1.29, 1.82) is 0 Å². The molecule has 104 valence electrons. The summed E-state index contributed by atoms with van der Waals surface area (Å²) in [6.45, 7) is 2.14. The van der Waals surface area contributed by atoms with Gasteiger partial charge in [0.05, 0.1) is 5.56 Å². The molecule has 2 aromatic carbocycles. The molecular weight excluding hydrogens is 248 g/mol. The fourth-order valence-corrected chi connectivity index (χ4v) is 2.12. The molecule has 0 aliphatic rings. The van der Waals surface area contributed by atoms with Crippen LogP contribution in [0.4, 0.5) is 0 Å². The Morgan fingerprint density at radius 1 is 1.00 bits per heavy atom. The molecular formula is C18H20O2. The van der Waals surface area contributed by atoms with Crippen molar-refractivity contribution < 1.29 is 9.53 Å². The Kier molecular flexibility index (Phi) is 5.36. The summed E-state index contributed by atoms with van der Waals surface area (Å²) in [5, 5.41) is 0. The lowest BCUT2D eigenvalue weighted by Gasteiger charge is -2.18. The minimum atomic E-state index is -0.254. The fourth-order valence-electron chi connectivity index (χ4n) is 2.12. The Hall–Kier alpha value is -2.09. The molecule has 0 aromatic heterocycles. The lowest BCUT2D eigenvalue weighted by Crippen LogP contribution is -2.11. The van der Waals surface area contributed by atoms with E-state index in [0.29, 0.717) is 5.56 Å². The maximum atomic E-state index is 12.2. The molecule has 20 heavy (non-hydrogen) atoms. The zero-order valence-corrected chi connectivity index (χ0v) is 11.8. The molecule has 0 aliphatic heterocycles. The molecule has 2 rings (SSSR count). The van der Waals surface area contributed by atoms with Gasteiger partial charge < -0.3 is 4.74 Å². The van der Waals surface area contributed by atoms with Gasteiger partial charge in [-0.2, -0.15) is 0 Å². The summed E-state index contributed by atoms with van der Waals surface area (Å²) in [7, 11) is 0. The zero-order chi connectivity index (χ0) is 14.2. The summed E-state index contributed by atoms with van der Waals surface area (Å²) in [4.78, 5) is 12.2. The third kappa shape index (κ3) is 3.95. The van der Waals surface area contributed by atoms with E-state index in [-0.39, 0.29) is 12.1 Å². The highest BCUT2D eigenvalue weighted by Crippen LogP contribution is 2.24. The molecule has 2 aromatic rings. The Bertz CT molecular complexity index is 520. The molecule has 1 unspecified atom stereocenters. The number of unbranched alkanes of at least 4 members (excludes halogenated alkanes) is 1. The van der Waals surface area contributed by atoms with Crippen molar-refractivity contribution in [2.75, 3.05) is 0 Å². The molecule has 0 spiro atoms. The Morgan fingerprint density at radius 2 is 1.60 bits per heavy atom. The van der Waals surface area contributed by atoms with E-state index in [4.69, 9.17) is 4.74 Å². The van der Waals surface area contributed by atoms with E-state index in [1.807, 2.05) is 48.5 Å². The first kappa shape index (κ1) is 14.3. The van der Waals surface area contributed by atoms with Gasteiger partial charge in [-0.15, -0.1) is 0 Å². The van der Waals surface area contributed by atoms with Crippen LogP contribution >= 0.6 is 0 Å². The van der Waals surface area contributed by atoms with E-state index in [0.717, 1.165) is 24.8 Å². The van der Waals surface area contributed by atoms with Crippen LogP contribution in [0, 0.1) is 0 Å². The Morgan fingerprint density at radius 3 is 2.20 bits per heavy atom. The number of rotatable bonds is 6. The first-order chi connectivity index (χ1) is 9.81. The molecule has 0 saturated heterocycles. The van der Waals surface area contributed by atoms with Crippen LogP contribution in [0.1, 0.15) is 48.2 Å². The molecule has 0 bridgehead atoms. The van der Waals surface area contributed by atoms with Gasteiger partial charge in [-0.3, -0.25) is 0 Å². The van der Waals surface area contributed by atoms with Gasteiger partial charge in [0.15, 0.2) is 0 Å². The van der Waals surface area contributed by atoms with E-state index in [9.17, 15) is 4.79 Å². The number of carbonyl (C=O) groups is 1. The average molecular weight is 268 g/mol. The van der Waals surface area contributed by atoms with Crippen LogP contribution in [-0.2, 0) is 4.74 Å². The molecule has 0 amide bonds. The van der Waals surface area contributed by atoms with Crippen LogP contribution in [-0.4, -0.2) is 5.97 Å². The summed E-state index contributed by atoms with van der Waals surface area (Å²) in [5.41, 5.74) is 1.66. The van der Waals surface area contributed by atoms with Gasteiger partial charge >= 0.3 is 5.97 Å². The monoisotopic (exact) mass is 268 g/mol. The van der Waals surface area contributed by atoms with Gasteiger partial charge in [0, 0.05) is 0 Å². The van der Waals surface area contributed by atoms with E-state index in [2.05, 4.69) is 6.92 Å². The molecule has 0 N–H and O–H groups in total. The first-order valence-corrected chi connectivity index (χ1v) is 7.12. The highest BCUT2D eigenvalue weighted by Gasteiger charge is 2.17. The van der Waals surface area contributed by atoms with Gasteiger partial charge in [-0.25, -0.2) is 4.79 Å². The maximum Gasteiger partial charge on any atom is 0.338 e. The topological polar surface area (TPSA) is 26.3 Å². The lowest BCUT2D eigenvalue weighted by molar-refractivity contribution is 0.0271. The summed E-state index contributed by atoms with van der Waals surface area (Å²) < 4.78 is 5.69. The minimum absolute atomic E-state index is 0.163. The van der Waals surface area contributed by atoms with E-state index in [1.165, 1.54) is 0 Å². The number of benzene rings is 2. The molecule has 1 atom stereocenters. The number of esters is 1. The molecule has 0 aliphatic carbocycles. The molecule has 0 saturated carbocycles. The van der Waals surface area contributed by atoms with Gasteiger partial charge in [0.1, 0.15) is 6.10 Å². The number of hydrogen-bond donors (Lipinski definition) is 0. The Labute approximate surface area is 120 Å². The van der Waals surface area contributed by atoms with Crippen LogP contribution in [0.25, 0.3) is 0 Å². The van der Waals surface area contributed by atoms with Crippen molar-refractivity contribution in [3.05, 3.63) is 71.8 Å². The van der Waals surface area contributed by atoms with Crippen molar-refractivity contribution in [3.8, 4) is 0 Å². The van der Waals surface area contributed by atoms with Gasteiger partial charge in [0.25, 0.3) is 0 Å². The van der Waals surface area contributed by atoms with Crippen molar-refractivity contribution in [2.24, 2.45) is 0 Å². The van der Waals surface area contributed by atoms with Crippen LogP contribution in [0.2, 0.25) is 0 Å². The van der Waals surface area contributed by atoms with Crippen molar-refractivity contribution in [1.82, 2.24) is 0 Å².